The van der Waals surface area contributed by atoms with E-state index < -0.39 is 0 Å². The van der Waals surface area contributed by atoms with Crippen LogP contribution in [0.2, 0.25) is 0 Å². The first-order chi connectivity index (χ1) is 8.76. The first kappa shape index (κ1) is 13.4. The minimum absolute atomic E-state index is 0.183. The van der Waals surface area contributed by atoms with Gasteiger partial charge >= 0.3 is 0 Å². The summed E-state index contributed by atoms with van der Waals surface area (Å²) in [6.07, 6.45) is 6.30. The highest BCUT2D eigenvalue weighted by Crippen LogP contribution is 2.27. The number of hydrogen-bond acceptors (Lipinski definition) is 2. The molecule has 1 aliphatic heterocycles. The van der Waals surface area contributed by atoms with Gasteiger partial charge in [-0.2, -0.15) is 0 Å². The number of rotatable bonds is 4. The number of piperidine rings is 1. The van der Waals surface area contributed by atoms with E-state index in [-0.39, 0.29) is 6.04 Å². The van der Waals surface area contributed by atoms with Crippen molar-refractivity contribution in [3.8, 4) is 0 Å². The maximum Gasteiger partial charge on any atom is 0.0368 e. The molecule has 0 aromatic heterocycles. The van der Waals surface area contributed by atoms with Gasteiger partial charge in [-0.25, -0.2) is 0 Å². The van der Waals surface area contributed by atoms with Gasteiger partial charge in [-0.3, -0.25) is 0 Å². The summed E-state index contributed by atoms with van der Waals surface area (Å²) in [5, 5.41) is 0. The summed E-state index contributed by atoms with van der Waals surface area (Å²) in [5.41, 5.74) is 8.69. The third-order valence-electron chi connectivity index (χ3n) is 4.19. The lowest BCUT2D eigenvalue weighted by Crippen LogP contribution is -2.39. The highest BCUT2D eigenvalue weighted by Gasteiger charge is 2.20. The van der Waals surface area contributed by atoms with E-state index in [2.05, 4.69) is 43.0 Å². The van der Waals surface area contributed by atoms with Crippen LogP contribution in [0.5, 0.6) is 0 Å². The normalized spacial score (nSPS) is 21.9. The monoisotopic (exact) mass is 246 g/mol. The van der Waals surface area contributed by atoms with Gasteiger partial charge in [0.15, 0.2) is 0 Å². The standard InChI is InChI=1S/C16H26N2/c1-3-14-7-5-6-12-18(14)15-10-8-13(9-11-15)16(17)4-2/h8-11,14,16H,3-7,12,17H2,1-2H3/t14?,16-/m1/s1. The molecule has 2 atom stereocenters. The molecule has 2 rings (SSSR count). The summed E-state index contributed by atoms with van der Waals surface area (Å²) in [6, 6.07) is 9.81. The quantitative estimate of drug-likeness (QED) is 0.874. The third-order valence-corrected chi connectivity index (χ3v) is 4.19. The molecule has 2 heteroatoms. The van der Waals surface area contributed by atoms with Gasteiger partial charge in [0.2, 0.25) is 0 Å². The molecule has 0 bridgehead atoms. The van der Waals surface area contributed by atoms with E-state index in [1.54, 1.807) is 0 Å². The molecule has 1 unspecified atom stereocenters. The number of nitrogens with zero attached hydrogens (tertiary/aromatic N) is 1. The fourth-order valence-electron chi connectivity index (χ4n) is 2.91. The number of hydrogen-bond donors (Lipinski definition) is 1. The van der Waals surface area contributed by atoms with Crippen LogP contribution in [0.3, 0.4) is 0 Å². The van der Waals surface area contributed by atoms with Crippen LogP contribution < -0.4 is 10.6 Å². The van der Waals surface area contributed by atoms with E-state index in [0.29, 0.717) is 0 Å². The molecule has 2 nitrogen and oxygen atoms in total. The second kappa shape index (κ2) is 6.24. The lowest BCUT2D eigenvalue weighted by molar-refractivity contribution is 0.450. The van der Waals surface area contributed by atoms with Crippen molar-refractivity contribution in [2.24, 2.45) is 5.73 Å². The zero-order valence-corrected chi connectivity index (χ0v) is 11.7. The van der Waals surface area contributed by atoms with Crippen molar-refractivity contribution in [1.29, 1.82) is 0 Å². The van der Waals surface area contributed by atoms with Crippen LogP contribution in [0.4, 0.5) is 5.69 Å². The van der Waals surface area contributed by atoms with Gasteiger partial charge in [-0.15, -0.1) is 0 Å². The van der Waals surface area contributed by atoms with E-state index in [1.807, 2.05) is 0 Å². The van der Waals surface area contributed by atoms with Crippen LogP contribution in [0.25, 0.3) is 0 Å². The average Bonchev–Trinajstić information content (AvgIpc) is 2.46. The molecule has 1 aromatic carbocycles. The molecular formula is C16H26N2. The molecule has 1 aliphatic rings. The second-order valence-corrected chi connectivity index (χ2v) is 5.36. The zero-order chi connectivity index (χ0) is 13.0. The second-order valence-electron chi connectivity index (χ2n) is 5.36. The molecule has 0 aliphatic carbocycles. The highest BCUT2D eigenvalue weighted by molar-refractivity contribution is 5.49. The van der Waals surface area contributed by atoms with Crippen LogP contribution in [0.15, 0.2) is 24.3 Å². The van der Waals surface area contributed by atoms with Gasteiger partial charge in [0.25, 0.3) is 0 Å². The van der Waals surface area contributed by atoms with Crippen LogP contribution in [-0.4, -0.2) is 12.6 Å². The Balaban J connectivity index is 2.12. The molecule has 2 N–H and O–H groups in total. The van der Waals surface area contributed by atoms with Crippen molar-refractivity contribution < 1.29 is 0 Å². The maximum absolute atomic E-state index is 6.06. The summed E-state index contributed by atoms with van der Waals surface area (Å²) in [6.45, 7) is 5.64. The summed E-state index contributed by atoms with van der Waals surface area (Å²) < 4.78 is 0. The molecule has 0 spiro atoms. The molecule has 0 radical (unpaired) electrons. The summed E-state index contributed by atoms with van der Waals surface area (Å²) >= 11 is 0. The Morgan fingerprint density at radius 3 is 2.56 bits per heavy atom. The summed E-state index contributed by atoms with van der Waals surface area (Å²) in [4.78, 5) is 2.57. The zero-order valence-electron chi connectivity index (χ0n) is 11.7. The van der Waals surface area contributed by atoms with Gasteiger partial charge in [-0.1, -0.05) is 26.0 Å². The largest absolute Gasteiger partial charge is 0.369 e. The molecule has 1 saturated heterocycles. The van der Waals surface area contributed by atoms with Crippen molar-refractivity contribution >= 4 is 5.69 Å². The Bertz CT molecular complexity index is 358. The molecular weight excluding hydrogens is 220 g/mol. The molecule has 100 valence electrons. The summed E-state index contributed by atoms with van der Waals surface area (Å²) in [7, 11) is 0. The Morgan fingerprint density at radius 1 is 1.22 bits per heavy atom. The first-order valence-corrected chi connectivity index (χ1v) is 7.38. The predicted octanol–water partition coefficient (Wildman–Crippen LogP) is 3.87. The molecule has 1 heterocycles. The van der Waals surface area contributed by atoms with Gasteiger partial charge in [0, 0.05) is 24.3 Å². The molecule has 0 amide bonds. The number of nitrogens with two attached hydrogens (primary N) is 1. The SMILES string of the molecule is CCC1CCCCN1c1ccc([C@H](N)CC)cc1. The van der Waals surface area contributed by atoms with E-state index in [1.165, 1.54) is 43.5 Å². The fourth-order valence-corrected chi connectivity index (χ4v) is 2.91. The minimum atomic E-state index is 0.183. The van der Waals surface area contributed by atoms with Crippen LogP contribution >= 0.6 is 0 Å². The first-order valence-electron chi connectivity index (χ1n) is 7.38. The van der Waals surface area contributed by atoms with Gasteiger partial charge in [0.05, 0.1) is 0 Å². The van der Waals surface area contributed by atoms with Crippen molar-refractivity contribution in [2.45, 2.75) is 58.0 Å². The van der Waals surface area contributed by atoms with Crippen LogP contribution in [0, 0.1) is 0 Å². The number of anilines is 1. The lowest BCUT2D eigenvalue weighted by atomic mass is 9.98. The molecule has 18 heavy (non-hydrogen) atoms. The predicted molar refractivity (Wildman–Crippen MR) is 78.9 cm³/mol. The van der Waals surface area contributed by atoms with E-state index in [4.69, 9.17) is 5.73 Å². The number of benzene rings is 1. The van der Waals surface area contributed by atoms with Crippen molar-refractivity contribution in [3.05, 3.63) is 29.8 Å². The Hall–Kier alpha value is -1.02. The Morgan fingerprint density at radius 2 is 1.94 bits per heavy atom. The van der Waals surface area contributed by atoms with E-state index in [9.17, 15) is 0 Å². The Kier molecular flexibility index (Phi) is 4.65. The molecule has 1 aromatic rings. The van der Waals surface area contributed by atoms with Crippen molar-refractivity contribution in [2.75, 3.05) is 11.4 Å². The molecule has 0 saturated carbocycles. The van der Waals surface area contributed by atoms with Crippen molar-refractivity contribution in [3.63, 3.8) is 0 Å². The topological polar surface area (TPSA) is 29.3 Å². The van der Waals surface area contributed by atoms with Gasteiger partial charge < -0.3 is 10.6 Å². The Labute approximate surface area is 111 Å². The van der Waals surface area contributed by atoms with Crippen LogP contribution in [-0.2, 0) is 0 Å². The smallest absolute Gasteiger partial charge is 0.0368 e. The van der Waals surface area contributed by atoms with Gasteiger partial charge in [-0.05, 0) is 49.8 Å². The fraction of sp³-hybridized carbons (Fsp3) is 0.625. The summed E-state index contributed by atoms with van der Waals surface area (Å²) in [5.74, 6) is 0. The minimum Gasteiger partial charge on any atom is -0.369 e. The van der Waals surface area contributed by atoms with Crippen molar-refractivity contribution in [1.82, 2.24) is 0 Å². The van der Waals surface area contributed by atoms with Gasteiger partial charge in [0.1, 0.15) is 0 Å². The maximum atomic E-state index is 6.06. The highest BCUT2D eigenvalue weighted by atomic mass is 15.2. The lowest BCUT2D eigenvalue weighted by Gasteiger charge is -2.37. The molecule has 1 fully saturated rings. The third kappa shape index (κ3) is 2.86. The van der Waals surface area contributed by atoms with E-state index >= 15 is 0 Å². The van der Waals surface area contributed by atoms with E-state index in [0.717, 1.165) is 12.5 Å². The average molecular weight is 246 g/mol. The van der Waals surface area contributed by atoms with Crippen LogP contribution in [0.1, 0.15) is 57.6 Å².